The highest BCUT2D eigenvalue weighted by atomic mass is 79.9. The number of alkyl halides is 2. The van der Waals surface area contributed by atoms with Gasteiger partial charge in [0.15, 0.2) is 10.2 Å². The standard InChI is InChI=1S/C11H7BrClF3N2OS/c12-6-1-8(9(2-7(6)14)19-11(15)16)17-3-5-4-18-10(13)20-5/h1-2,4,11,17H,3H2. The van der Waals surface area contributed by atoms with Crippen LogP contribution in [-0.4, -0.2) is 11.6 Å². The molecule has 9 heteroatoms. The van der Waals surface area contributed by atoms with Crippen LogP contribution in [0.5, 0.6) is 5.75 Å². The smallest absolute Gasteiger partial charge is 0.387 e. The van der Waals surface area contributed by atoms with Crippen molar-refractivity contribution in [3.63, 3.8) is 0 Å². The summed E-state index contributed by atoms with van der Waals surface area (Å²) >= 11 is 9.93. The zero-order valence-corrected chi connectivity index (χ0v) is 12.8. The van der Waals surface area contributed by atoms with Crippen LogP contribution >= 0.6 is 38.9 Å². The maximum atomic E-state index is 13.4. The van der Waals surface area contributed by atoms with Crippen molar-refractivity contribution in [3.05, 3.63) is 38.0 Å². The summed E-state index contributed by atoms with van der Waals surface area (Å²) in [7, 11) is 0. The third-order valence-electron chi connectivity index (χ3n) is 2.22. The van der Waals surface area contributed by atoms with Crippen LogP contribution in [0.3, 0.4) is 0 Å². The van der Waals surface area contributed by atoms with E-state index in [1.54, 1.807) is 6.20 Å². The topological polar surface area (TPSA) is 34.1 Å². The molecule has 0 radical (unpaired) electrons. The van der Waals surface area contributed by atoms with Crippen LogP contribution in [0.15, 0.2) is 22.8 Å². The molecule has 0 bridgehead atoms. The van der Waals surface area contributed by atoms with E-state index in [2.05, 4.69) is 31.0 Å². The number of nitrogens with zero attached hydrogens (tertiary/aromatic N) is 1. The maximum absolute atomic E-state index is 13.4. The van der Waals surface area contributed by atoms with Crippen molar-refractivity contribution in [1.82, 2.24) is 4.98 Å². The Balaban J connectivity index is 2.18. The van der Waals surface area contributed by atoms with Crippen LogP contribution in [-0.2, 0) is 6.54 Å². The van der Waals surface area contributed by atoms with E-state index < -0.39 is 12.4 Å². The van der Waals surface area contributed by atoms with Crippen molar-refractivity contribution >= 4 is 44.6 Å². The fourth-order valence-electron chi connectivity index (χ4n) is 1.41. The van der Waals surface area contributed by atoms with Crippen LogP contribution in [0.2, 0.25) is 4.47 Å². The number of ether oxygens (including phenoxy) is 1. The second kappa shape index (κ2) is 6.64. The van der Waals surface area contributed by atoms with Gasteiger partial charge in [0.1, 0.15) is 5.82 Å². The van der Waals surface area contributed by atoms with Crippen molar-refractivity contribution in [2.24, 2.45) is 0 Å². The van der Waals surface area contributed by atoms with Crippen LogP contribution in [0, 0.1) is 5.82 Å². The van der Waals surface area contributed by atoms with E-state index in [0.29, 0.717) is 11.0 Å². The molecule has 2 rings (SSSR count). The number of rotatable bonds is 5. The molecule has 1 heterocycles. The predicted molar refractivity (Wildman–Crippen MR) is 75.2 cm³/mol. The Bertz CT molecular complexity index is 611. The highest BCUT2D eigenvalue weighted by molar-refractivity contribution is 9.10. The molecule has 1 aromatic carbocycles. The monoisotopic (exact) mass is 386 g/mol. The number of halogens is 5. The summed E-state index contributed by atoms with van der Waals surface area (Å²) in [6.07, 6.45) is 1.56. The maximum Gasteiger partial charge on any atom is 0.387 e. The lowest BCUT2D eigenvalue weighted by atomic mass is 10.2. The van der Waals surface area contributed by atoms with Crippen molar-refractivity contribution in [3.8, 4) is 5.75 Å². The second-order valence-corrected chi connectivity index (χ2v) is 6.13. The van der Waals surface area contributed by atoms with Gasteiger partial charge in [0.25, 0.3) is 0 Å². The number of hydrogen-bond donors (Lipinski definition) is 1. The van der Waals surface area contributed by atoms with Gasteiger partial charge in [-0.1, -0.05) is 11.6 Å². The highest BCUT2D eigenvalue weighted by Gasteiger charge is 2.14. The molecule has 0 spiro atoms. The van der Waals surface area contributed by atoms with E-state index in [-0.39, 0.29) is 15.9 Å². The summed E-state index contributed by atoms with van der Waals surface area (Å²) in [5.74, 6) is -0.955. The van der Waals surface area contributed by atoms with Gasteiger partial charge in [-0.15, -0.1) is 11.3 Å². The molecule has 0 aliphatic carbocycles. The van der Waals surface area contributed by atoms with Crippen molar-refractivity contribution in [2.45, 2.75) is 13.2 Å². The van der Waals surface area contributed by atoms with Crippen molar-refractivity contribution in [1.29, 1.82) is 0 Å². The molecule has 0 saturated carbocycles. The van der Waals surface area contributed by atoms with Gasteiger partial charge < -0.3 is 10.1 Å². The molecule has 2 aromatic rings. The van der Waals surface area contributed by atoms with E-state index in [0.717, 1.165) is 10.9 Å². The zero-order valence-electron chi connectivity index (χ0n) is 9.67. The SMILES string of the molecule is Fc1cc(OC(F)F)c(NCc2cnc(Cl)s2)cc1Br. The Morgan fingerprint density at radius 2 is 2.20 bits per heavy atom. The molecule has 0 aliphatic rings. The molecule has 1 N–H and O–H groups in total. The number of anilines is 1. The molecular formula is C11H7BrClF3N2OS. The molecule has 0 saturated heterocycles. The minimum absolute atomic E-state index is 0.143. The van der Waals surface area contributed by atoms with E-state index >= 15 is 0 Å². The van der Waals surface area contributed by atoms with Gasteiger partial charge in [-0.05, 0) is 22.0 Å². The summed E-state index contributed by atoms with van der Waals surface area (Å²) in [6, 6.07) is 2.22. The first kappa shape index (κ1) is 15.4. The molecule has 0 unspecified atom stereocenters. The second-order valence-electron chi connectivity index (χ2n) is 3.57. The number of nitrogens with one attached hydrogen (secondary N) is 1. The van der Waals surface area contributed by atoms with E-state index in [1.165, 1.54) is 17.4 Å². The molecule has 20 heavy (non-hydrogen) atoms. The van der Waals surface area contributed by atoms with E-state index in [1.807, 2.05) is 0 Å². The average Bonchev–Trinajstić information content (AvgIpc) is 2.77. The first-order valence-corrected chi connectivity index (χ1v) is 7.22. The molecule has 1 aromatic heterocycles. The molecule has 3 nitrogen and oxygen atoms in total. The number of benzene rings is 1. The van der Waals surface area contributed by atoms with Gasteiger partial charge >= 0.3 is 6.61 Å². The van der Waals surface area contributed by atoms with Crippen molar-refractivity contribution < 1.29 is 17.9 Å². The summed E-state index contributed by atoms with van der Waals surface area (Å²) in [4.78, 5) is 4.66. The minimum Gasteiger partial charge on any atom is -0.433 e. The molecule has 108 valence electrons. The molecule has 0 aliphatic heterocycles. The number of thiazole rings is 1. The van der Waals surface area contributed by atoms with E-state index in [9.17, 15) is 13.2 Å². The van der Waals surface area contributed by atoms with Gasteiger partial charge in [0.2, 0.25) is 0 Å². The number of hydrogen-bond acceptors (Lipinski definition) is 4. The summed E-state index contributed by atoms with van der Waals surface area (Å²) in [5.41, 5.74) is 0.239. The molecular weight excluding hydrogens is 381 g/mol. The first-order valence-electron chi connectivity index (χ1n) is 5.23. The van der Waals surface area contributed by atoms with Crippen LogP contribution in [0.25, 0.3) is 0 Å². The lowest BCUT2D eigenvalue weighted by Gasteiger charge is -2.13. The van der Waals surface area contributed by atoms with Gasteiger partial charge in [0, 0.05) is 17.1 Å². The Labute approximate surface area is 129 Å². The Morgan fingerprint density at radius 1 is 1.45 bits per heavy atom. The van der Waals surface area contributed by atoms with Crippen LogP contribution in [0.1, 0.15) is 4.88 Å². The predicted octanol–water partition coefficient (Wildman–Crippen LogP) is 4.91. The zero-order chi connectivity index (χ0) is 14.7. The van der Waals surface area contributed by atoms with Crippen LogP contribution < -0.4 is 10.1 Å². The largest absolute Gasteiger partial charge is 0.433 e. The lowest BCUT2D eigenvalue weighted by molar-refractivity contribution is -0.0495. The summed E-state index contributed by atoms with van der Waals surface area (Å²) in [5, 5.41) is 2.87. The van der Waals surface area contributed by atoms with Gasteiger partial charge in [0.05, 0.1) is 16.7 Å². The van der Waals surface area contributed by atoms with Gasteiger partial charge in [-0.3, -0.25) is 0 Å². The normalized spacial score (nSPS) is 10.9. The number of aromatic nitrogens is 1. The Kier molecular flexibility index (Phi) is 5.11. The van der Waals surface area contributed by atoms with Gasteiger partial charge in [-0.25, -0.2) is 9.37 Å². The molecule has 0 fully saturated rings. The third kappa shape index (κ3) is 4.00. The van der Waals surface area contributed by atoms with E-state index in [4.69, 9.17) is 11.6 Å². The fourth-order valence-corrected chi connectivity index (χ4v) is 2.67. The quantitative estimate of drug-likeness (QED) is 0.791. The highest BCUT2D eigenvalue weighted by Crippen LogP contribution is 2.32. The Hall–Kier alpha value is -0.990. The lowest BCUT2D eigenvalue weighted by Crippen LogP contribution is -2.07. The minimum atomic E-state index is -3.03. The third-order valence-corrected chi connectivity index (χ3v) is 3.94. The first-order chi connectivity index (χ1) is 9.45. The molecule has 0 atom stereocenters. The van der Waals surface area contributed by atoms with Gasteiger partial charge in [-0.2, -0.15) is 8.78 Å². The fraction of sp³-hybridized carbons (Fsp3) is 0.182. The average molecular weight is 388 g/mol. The van der Waals surface area contributed by atoms with Crippen LogP contribution in [0.4, 0.5) is 18.9 Å². The summed E-state index contributed by atoms with van der Waals surface area (Å²) in [6.45, 7) is -2.73. The Morgan fingerprint density at radius 3 is 2.80 bits per heavy atom. The van der Waals surface area contributed by atoms with Crippen molar-refractivity contribution in [2.75, 3.05) is 5.32 Å². The molecule has 0 amide bonds. The summed E-state index contributed by atoms with van der Waals surface area (Å²) < 4.78 is 42.7.